The lowest BCUT2D eigenvalue weighted by Crippen LogP contribution is -2.11. The molecule has 5 heteroatoms. The maximum Gasteiger partial charge on any atom is 0.337 e. The van der Waals surface area contributed by atoms with Crippen molar-refractivity contribution in [1.29, 1.82) is 0 Å². The second-order valence-corrected chi connectivity index (χ2v) is 3.71. The van der Waals surface area contributed by atoms with Crippen molar-refractivity contribution in [3.63, 3.8) is 0 Å². The zero-order valence-electron chi connectivity index (χ0n) is 8.79. The summed E-state index contributed by atoms with van der Waals surface area (Å²) in [7, 11) is 0. The van der Waals surface area contributed by atoms with Crippen LogP contribution in [-0.4, -0.2) is 17.0 Å². The first-order valence-corrected chi connectivity index (χ1v) is 5.25. The number of hydrogen-bond donors (Lipinski definition) is 2. The van der Waals surface area contributed by atoms with E-state index in [2.05, 4.69) is 5.32 Å². The number of nitrogens with one attached hydrogen (secondary N) is 1. The summed E-state index contributed by atoms with van der Waals surface area (Å²) in [5, 5.41) is 11.6. The fraction of sp³-hybridized carbons (Fsp3) is 0.273. The van der Waals surface area contributed by atoms with Gasteiger partial charge in [-0.05, 0) is 24.6 Å². The third kappa shape index (κ3) is 3.24. The van der Waals surface area contributed by atoms with E-state index >= 15 is 0 Å². The fourth-order valence-corrected chi connectivity index (χ4v) is 1.42. The molecule has 4 nitrogen and oxygen atoms in total. The van der Waals surface area contributed by atoms with E-state index in [1.807, 2.05) is 6.92 Å². The molecule has 1 aromatic carbocycles. The predicted octanol–water partition coefficient (Wildman–Crippen LogP) is 2.78. The van der Waals surface area contributed by atoms with Gasteiger partial charge in [0.1, 0.15) is 0 Å². The van der Waals surface area contributed by atoms with Gasteiger partial charge < -0.3 is 10.4 Å². The number of amides is 1. The molecular weight excluding hydrogens is 230 g/mol. The summed E-state index contributed by atoms with van der Waals surface area (Å²) in [6, 6.07) is 4.37. The third-order valence-corrected chi connectivity index (χ3v) is 2.29. The van der Waals surface area contributed by atoms with Gasteiger partial charge >= 0.3 is 5.97 Å². The SMILES string of the molecule is CCCC(=O)Nc1ccc(Cl)c(C(=O)O)c1. The van der Waals surface area contributed by atoms with E-state index in [-0.39, 0.29) is 16.5 Å². The summed E-state index contributed by atoms with van der Waals surface area (Å²) in [5.41, 5.74) is 0.427. The maximum absolute atomic E-state index is 11.3. The third-order valence-electron chi connectivity index (χ3n) is 1.96. The Labute approximate surface area is 98.2 Å². The summed E-state index contributed by atoms with van der Waals surface area (Å²) in [6.45, 7) is 1.89. The van der Waals surface area contributed by atoms with E-state index < -0.39 is 5.97 Å². The van der Waals surface area contributed by atoms with Gasteiger partial charge in [-0.3, -0.25) is 4.79 Å². The monoisotopic (exact) mass is 241 g/mol. The Morgan fingerprint density at radius 3 is 2.69 bits per heavy atom. The van der Waals surface area contributed by atoms with Crippen molar-refractivity contribution in [2.75, 3.05) is 5.32 Å². The first kappa shape index (κ1) is 12.5. The highest BCUT2D eigenvalue weighted by atomic mass is 35.5. The van der Waals surface area contributed by atoms with Gasteiger partial charge in [0, 0.05) is 12.1 Å². The van der Waals surface area contributed by atoms with Gasteiger partial charge in [0.15, 0.2) is 0 Å². The number of carboxylic acids is 1. The van der Waals surface area contributed by atoms with E-state index in [0.29, 0.717) is 12.1 Å². The van der Waals surface area contributed by atoms with Crippen molar-refractivity contribution in [1.82, 2.24) is 0 Å². The van der Waals surface area contributed by atoms with Gasteiger partial charge in [0.05, 0.1) is 10.6 Å². The zero-order chi connectivity index (χ0) is 12.1. The number of carbonyl (C=O) groups excluding carboxylic acids is 1. The molecule has 0 unspecified atom stereocenters. The zero-order valence-corrected chi connectivity index (χ0v) is 9.54. The Hall–Kier alpha value is -1.55. The number of aromatic carboxylic acids is 1. The number of anilines is 1. The molecule has 1 aromatic rings. The van der Waals surface area contributed by atoms with Crippen LogP contribution in [0.5, 0.6) is 0 Å². The quantitative estimate of drug-likeness (QED) is 0.852. The van der Waals surface area contributed by atoms with E-state index in [0.717, 1.165) is 6.42 Å². The topological polar surface area (TPSA) is 66.4 Å². The Morgan fingerprint density at radius 2 is 2.12 bits per heavy atom. The van der Waals surface area contributed by atoms with Crippen LogP contribution in [0.25, 0.3) is 0 Å². The van der Waals surface area contributed by atoms with Crippen molar-refractivity contribution in [2.45, 2.75) is 19.8 Å². The Balaban J connectivity index is 2.87. The molecule has 0 bridgehead atoms. The van der Waals surface area contributed by atoms with Crippen LogP contribution in [0.3, 0.4) is 0 Å². The number of carbonyl (C=O) groups is 2. The molecule has 0 heterocycles. The molecular formula is C11H12ClNO3. The van der Waals surface area contributed by atoms with Crippen LogP contribution in [0.1, 0.15) is 30.1 Å². The lowest BCUT2D eigenvalue weighted by atomic mass is 10.2. The molecule has 0 aliphatic carbocycles. The summed E-state index contributed by atoms with van der Waals surface area (Å²) in [5.74, 6) is -1.25. The molecule has 0 fully saturated rings. The molecule has 0 aliphatic heterocycles. The summed E-state index contributed by atoms with van der Waals surface area (Å²) in [6.07, 6.45) is 1.15. The van der Waals surface area contributed by atoms with Crippen molar-refractivity contribution in [3.8, 4) is 0 Å². The van der Waals surface area contributed by atoms with Gasteiger partial charge in [0.25, 0.3) is 0 Å². The number of benzene rings is 1. The highest BCUT2D eigenvalue weighted by molar-refractivity contribution is 6.33. The highest BCUT2D eigenvalue weighted by Crippen LogP contribution is 2.20. The van der Waals surface area contributed by atoms with Crippen LogP contribution in [0.2, 0.25) is 5.02 Å². The summed E-state index contributed by atoms with van der Waals surface area (Å²) >= 11 is 5.70. The van der Waals surface area contributed by atoms with Gasteiger partial charge in [-0.25, -0.2) is 4.79 Å². The molecule has 0 saturated heterocycles. The van der Waals surface area contributed by atoms with E-state index in [9.17, 15) is 9.59 Å². The minimum atomic E-state index is -1.11. The minimum Gasteiger partial charge on any atom is -0.478 e. The Kier molecular flexibility index (Phi) is 4.31. The molecule has 86 valence electrons. The van der Waals surface area contributed by atoms with Crippen molar-refractivity contribution in [3.05, 3.63) is 28.8 Å². The Morgan fingerprint density at radius 1 is 1.44 bits per heavy atom. The van der Waals surface area contributed by atoms with Crippen LogP contribution >= 0.6 is 11.6 Å². The molecule has 0 radical (unpaired) electrons. The van der Waals surface area contributed by atoms with Gasteiger partial charge in [-0.2, -0.15) is 0 Å². The first-order valence-electron chi connectivity index (χ1n) is 4.87. The van der Waals surface area contributed by atoms with Crippen LogP contribution < -0.4 is 5.32 Å². The average molecular weight is 242 g/mol. The molecule has 1 amide bonds. The normalized spacial score (nSPS) is 9.88. The summed E-state index contributed by atoms with van der Waals surface area (Å²) < 4.78 is 0. The molecule has 16 heavy (non-hydrogen) atoms. The lowest BCUT2D eigenvalue weighted by Gasteiger charge is -2.06. The number of carboxylic acid groups (broad SMARTS) is 1. The van der Waals surface area contributed by atoms with Crippen LogP contribution in [0.15, 0.2) is 18.2 Å². The maximum atomic E-state index is 11.3. The van der Waals surface area contributed by atoms with E-state index in [1.165, 1.54) is 12.1 Å². The van der Waals surface area contributed by atoms with Crippen molar-refractivity contribution in [2.24, 2.45) is 0 Å². The second-order valence-electron chi connectivity index (χ2n) is 3.30. The second kappa shape index (κ2) is 5.51. The molecule has 2 N–H and O–H groups in total. The van der Waals surface area contributed by atoms with E-state index in [1.54, 1.807) is 6.07 Å². The van der Waals surface area contributed by atoms with Crippen molar-refractivity contribution >= 4 is 29.2 Å². The predicted molar refractivity (Wildman–Crippen MR) is 61.9 cm³/mol. The number of rotatable bonds is 4. The largest absolute Gasteiger partial charge is 0.478 e. The van der Waals surface area contributed by atoms with E-state index in [4.69, 9.17) is 16.7 Å². The van der Waals surface area contributed by atoms with Crippen LogP contribution in [0, 0.1) is 0 Å². The van der Waals surface area contributed by atoms with Crippen LogP contribution in [-0.2, 0) is 4.79 Å². The molecule has 0 aliphatic rings. The van der Waals surface area contributed by atoms with Crippen LogP contribution in [0.4, 0.5) is 5.69 Å². The minimum absolute atomic E-state index is 0.0176. The average Bonchev–Trinajstić information content (AvgIpc) is 2.21. The molecule has 0 spiro atoms. The standard InChI is InChI=1S/C11H12ClNO3/c1-2-3-10(14)13-7-4-5-9(12)8(6-7)11(15)16/h4-6H,2-3H2,1H3,(H,13,14)(H,15,16). The lowest BCUT2D eigenvalue weighted by molar-refractivity contribution is -0.116. The molecule has 0 atom stereocenters. The van der Waals surface area contributed by atoms with Gasteiger partial charge in [-0.1, -0.05) is 18.5 Å². The fourth-order valence-electron chi connectivity index (χ4n) is 1.22. The smallest absolute Gasteiger partial charge is 0.337 e. The molecule has 1 rings (SSSR count). The molecule has 0 aromatic heterocycles. The first-order chi connectivity index (χ1) is 7.54. The number of hydrogen-bond acceptors (Lipinski definition) is 2. The van der Waals surface area contributed by atoms with Gasteiger partial charge in [0.2, 0.25) is 5.91 Å². The molecule has 0 saturated carbocycles. The highest BCUT2D eigenvalue weighted by Gasteiger charge is 2.10. The van der Waals surface area contributed by atoms with Gasteiger partial charge in [-0.15, -0.1) is 0 Å². The Bertz CT molecular complexity index is 418. The number of halogens is 1. The van der Waals surface area contributed by atoms with Crippen molar-refractivity contribution < 1.29 is 14.7 Å². The summed E-state index contributed by atoms with van der Waals surface area (Å²) in [4.78, 5) is 22.1.